The van der Waals surface area contributed by atoms with Gasteiger partial charge in [0.1, 0.15) is 0 Å². The third-order valence-corrected chi connectivity index (χ3v) is 4.13. The topological polar surface area (TPSA) is 55.8 Å². The summed E-state index contributed by atoms with van der Waals surface area (Å²) in [6, 6.07) is 7.84. The van der Waals surface area contributed by atoms with Crippen LogP contribution in [0.5, 0.6) is 0 Å². The molecule has 0 radical (unpaired) electrons. The van der Waals surface area contributed by atoms with E-state index < -0.39 is 6.10 Å². The molecule has 2 amide bonds. The van der Waals surface area contributed by atoms with E-state index in [0.29, 0.717) is 6.04 Å². The molecule has 1 aromatic carbocycles. The molecule has 0 aromatic heterocycles. The van der Waals surface area contributed by atoms with Crippen LogP contribution in [0.25, 0.3) is 0 Å². The van der Waals surface area contributed by atoms with Crippen LogP contribution >= 0.6 is 0 Å². The Hall–Kier alpha value is -1.59. The SMILES string of the molecule is CC(O)c1ccc(NC(=O)N2CCC(N(C)C)CC2)cc1. The molecule has 2 N–H and O–H groups in total. The van der Waals surface area contributed by atoms with E-state index in [4.69, 9.17) is 0 Å². The maximum Gasteiger partial charge on any atom is 0.321 e. The van der Waals surface area contributed by atoms with Crippen LogP contribution in [-0.4, -0.2) is 54.2 Å². The second kappa shape index (κ2) is 6.91. The summed E-state index contributed by atoms with van der Waals surface area (Å²) in [5, 5.41) is 12.4. The Balaban J connectivity index is 1.87. The maximum atomic E-state index is 12.2. The number of aliphatic hydroxyl groups is 1. The molecule has 21 heavy (non-hydrogen) atoms. The van der Waals surface area contributed by atoms with Crippen molar-refractivity contribution in [1.29, 1.82) is 0 Å². The van der Waals surface area contributed by atoms with Crippen LogP contribution in [0.2, 0.25) is 0 Å². The summed E-state index contributed by atoms with van der Waals surface area (Å²) in [5.74, 6) is 0. The lowest BCUT2D eigenvalue weighted by molar-refractivity contribution is 0.156. The molecule has 1 aliphatic rings. The lowest BCUT2D eigenvalue weighted by Gasteiger charge is -2.35. The standard InChI is InChI=1S/C16H25N3O2/c1-12(20)13-4-6-14(7-5-13)17-16(21)19-10-8-15(9-11-19)18(2)3/h4-7,12,15,20H,8-11H2,1-3H3,(H,17,21). The van der Waals surface area contributed by atoms with Crippen molar-refractivity contribution in [3.05, 3.63) is 29.8 Å². The number of likely N-dealkylation sites (tertiary alicyclic amines) is 1. The molecular formula is C16H25N3O2. The maximum absolute atomic E-state index is 12.2. The first-order valence-corrected chi connectivity index (χ1v) is 7.47. The van der Waals surface area contributed by atoms with Crippen LogP contribution in [0.15, 0.2) is 24.3 Å². The van der Waals surface area contributed by atoms with E-state index in [1.54, 1.807) is 6.92 Å². The number of hydrogen-bond donors (Lipinski definition) is 2. The minimum atomic E-state index is -0.486. The van der Waals surface area contributed by atoms with Crippen LogP contribution < -0.4 is 5.32 Å². The molecule has 0 aliphatic carbocycles. The molecule has 1 unspecified atom stereocenters. The van der Waals surface area contributed by atoms with Gasteiger partial charge in [0.15, 0.2) is 0 Å². The molecule has 1 heterocycles. The number of nitrogens with zero attached hydrogens (tertiary/aromatic N) is 2. The van der Waals surface area contributed by atoms with Crippen molar-refractivity contribution in [3.8, 4) is 0 Å². The molecule has 5 nitrogen and oxygen atoms in total. The van der Waals surface area contributed by atoms with Gasteiger partial charge in [-0.15, -0.1) is 0 Å². The smallest absolute Gasteiger partial charge is 0.321 e. The van der Waals surface area contributed by atoms with Crippen molar-refractivity contribution in [2.75, 3.05) is 32.5 Å². The van der Waals surface area contributed by atoms with Crippen LogP contribution in [0, 0.1) is 0 Å². The van der Waals surface area contributed by atoms with Gasteiger partial charge in [0.25, 0.3) is 0 Å². The molecule has 5 heteroatoms. The Kier molecular flexibility index (Phi) is 5.20. The summed E-state index contributed by atoms with van der Waals surface area (Å²) in [6.07, 6.45) is 1.54. The average Bonchev–Trinajstić information content (AvgIpc) is 2.47. The molecule has 0 bridgehead atoms. The van der Waals surface area contributed by atoms with Crippen LogP contribution in [0.1, 0.15) is 31.4 Å². The minimum absolute atomic E-state index is 0.0444. The van der Waals surface area contributed by atoms with Crippen molar-refractivity contribution in [3.63, 3.8) is 0 Å². The van der Waals surface area contributed by atoms with Crippen molar-refractivity contribution >= 4 is 11.7 Å². The van der Waals surface area contributed by atoms with Crippen molar-refractivity contribution in [2.45, 2.75) is 31.9 Å². The van der Waals surface area contributed by atoms with Gasteiger partial charge in [-0.05, 0) is 51.6 Å². The van der Waals surface area contributed by atoms with Gasteiger partial charge in [-0.1, -0.05) is 12.1 Å². The predicted octanol–water partition coefficient (Wildman–Crippen LogP) is 2.30. The van der Waals surface area contributed by atoms with Gasteiger partial charge in [-0.2, -0.15) is 0 Å². The molecule has 116 valence electrons. The zero-order valence-corrected chi connectivity index (χ0v) is 13.0. The first-order valence-electron chi connectivity index (χ1n) is 7.47. The summed E-state index contributed by atoms with van der Waals surface area (Å²) in [6.45, 7) is 3.31. The number of amides is 2. The summed E-state index contributed by atoms with van der Waals surface area (Å²) in [4.78, 5) is 16.3. The van der Waals surface area contributed by atoms with E-state index in [9.17, 15) is 9.90 Å². The lowest BCUT2D eigenvalue weighted by Crippen LogP contribution is -2.46. The quantitative estimate of drug-likeness (QED) is 0.898. The summed E-state index contributed by atoms with van der Waals surface area (Å²) < 4.78 is 0. The van der Waals surface area contributed by atoms with Gasteiger partial charge in [0, 0.05) is 24.8 Å². The molecule has 0 spiro atoms. The van der Waals surface area contributed by atoms with E-state index in [2.05, 4.69) is 24.3 Å². The number of hydrogen-bond acceptors (Lipinski definition) is 3. The van der Waals surface area contributed by atoms with Crippen LogP contribution in [-0.2, 0) is 0 Å². The Labute approximate surface area is 126 Å². The van der Waals surface area contributed by atoms with Crippen LogP contribution in [0.3, 0.4) is 0 Å². The number of nitrogens with one attached hydrogen (secondary N) is 1. The third kappa shape index (κ3) is 4.19. The van der Waals surface area contributed by atoms with Crippen LogP contribution in [0.4, 0.5) is 10.5 Å². The monoisotopic (exact) mass is 291 g/mol. The Morgan fingerprint density at radius 2 is 1.86 bits per heavy atom. The molecule has 2 rings (SSSR count). The fourth-order valence-electron chi connectivity index (χ4n) is 2.63. The van der Waals surface area contributed by atoms with Gasteiger partial charge >= 0.3 is 6.03 Å². The van der Waals surface area contributed by atoms with Crippen molar-refractivity contribution in [2.24, 2.45) is 0 Å². The molecule has 1 atom stereocenters. The molecule has 0 saturated carbocycles. The number of carbonyl (C=O) groups excluding carboxylic acids is 1. The van der Waals surface area contributed by atoms with Gasteiger partial charge in [-0.3, -0.25) is 0 Å². The largest absolute Gasteiger partial charge is 0.389 e. The summed E-state index contributed by atoms with van der Waals surface area (Å²) in [5.41, 5.74) is 1.61. The predicted molar refractivity (Wildman–Crippen MR) is 84.4 cm³/mol. The molecule has 1 saturated heterocycles. The Morgan fingerprint density at radius 3 is 2.33 bits per heavy atom. The Bertz CT molecular complexity index is 463. The number of urea groups is 1. The van der Waals surface area contributed by atoms with Gasteiger partial charge in [0.05, 0.1) is 6.10 Å². The first-order chi connectivity index (χ1) is 9.97. The minimum Gasteiger partial charge on any atom is -0.389 e. The fourth-order valence-corrected chi connectivity index (χ4v) is 2.63. The van der Waals surface area contributed by atoms with Gasteiger partial charge < -0.3 is 20.2 Å². The highest BCUT2D eigenvalue weighted by Gasteiger charge is 2.23. The number of piperidine rings is 1. The Morgan fingerprint density at radius 1 is 1.29 bits per heavy atom. The first kappa shape index (κ1) is 15.8. The normalized spacial score (nSPS) is 17.9. The van der Waals surface area contributed by atoms with E-state index in [1.807, 2.05) is 29.2 Å². The molecule has 1 aliphatic heterocycles. The van der Waals surface area contributed by atoms with Gasteiger partial charge in [0.2, 0.25) is 0 Å². The second-order valence-electron chi connectivity index (χ2n) is 5.91. The number of anilines is 1. The number of benzene rings is 1. The second-order valence-corrected chi connectivity index (χ2v) is 5.91. The zero-order chi connectivity index (χ0) is 15.4. The van der Waals surface area contributed by atoms with E-state index >= 15 is 0 Å². The number of carbonyl (C=O) groups is 1. The molecule has 1 aromatic rings. The van der Waals surface area contributed by atoms with E-state index in [1.165, 1.54) is 0 Å². The molecular weight excluding hydrogens is 266 g/mol. The number of aliphatic hydroxyl groups excluding tert-OH is 1. The zero-order valence-electron chi connectivity index (χ0n) is 13.0. The van der Waals surface area contributed by atoms with E-state index in [-0.39, 0.29) is 6.03 Å². The van der Waals surface area contributed by atoms with Crippen molar-refractivity contribution in [1.82, 2.24) is 9.80 Å². The van der Waals surface area contributed by atoms with E-state index in [0.717, 1.165) is 37.2 Å². The fraction of sp³-hybridized carbons (Fsp3) is 0.562. The lowest BCUT2D eigenvalue weighted by atomic mass is 10.0. The highest BCUT2D eigenvalue weighted by Crippen LogP contribution is 2.18. The average molecular weight is 291 g/mol. The molecule has 1 fully saturated rings. The highest BCUT2D eigenvalue weighted by atomic mass is 16.3. The van der Waals surface area contributed by atoms with Gasteiger partial charge in [-0.25, -0.2) is 4.79 Å². The summed E-state index contributed by atoms with van der Waals surface area (Å²) >= 11 is 0. The summed E-state index contributed by atoms with van der Waals surface area (Å²) in [7, 11) is 4.17. The number of rotatable bonds is 3. The third-order valence-electron chi connectivity index (χ3n) is 4.13. The highest BCUT2D eigenvalue weighted by molar-refractivity contribution is 5.89. The van der Waals surface area contributed by atoms with Crippen molar-refractivity contribution < 1.29 is 9.90 Å².